The molecule has 166 valence electrons. The molecular weight excluding hydrogens is 398 g/mol. The summed E-state index contributed by atoms with van der Waals surface area (Å²) in [6.45, 7) is 3.83. The number of aliphatic hydroxyl groups excluding tert-OH is 1. The van der Waals surface area contributed by atoms with Crippen molar-refractivity contribution in [2.75, 3.05) is 0 Å². The lowest BCUT2D eigenvalue weighted by Crippen LogP contribution is -2.49. The number of hydrogen-bond donors (Lipinski definition) is 5. The van der Waals surface area contributed by atoms with E-state index in [-0.39, 0.29) is 30.7 Å². The number of aromatic hydroxyl groups is 1. The lowest BCUT2D eigenvalue weighted by molar-refractivity contribution is -0.141. The molecule has 3 rings (SSSR count). The van der Waals surface area contributed by atoms with Gasteiger partial charge in [0.1, 0.15) is 5.75 Å². The highest BCUT2D eigenvalue weighted by molar-refractivity contribution is 5.88. The smallest absolute Gasteiger partial charge is 0.260 e. The summed E-state index contributed by atoms with van der Waals surface area (Å²) in [5.41, 5.74) is 4.15. The number of benzene rings is 2. The molecule has 5 N–H and O–H groups in total. The number of hydrogen-bond acceptors (Lipinski definition) is 6. The minimum Gasteiger partial charge on any atom is -0.508 e. The first-order valence-electron chi connectivity index (χ1n) is 10.3. The Morgan fingerprint density at radius 1 is 1.16 bits per heavy atom. The average molecular weight is 428 g/mol. The van der Waals surface area contributed by atoms with E-state index in [1.807, 2.05) is 38.1 Å². The Hall–Kier alpha value is -2.94. The van der Waals surface area contributed by atoms with Gasteiger partial charge in [-0.2, -0.15) is 0 Å². The second-order valence-corrected chi connectivity index (χ2v) is 8.16. The second kappa shape index (κ2) is 9.91. The van der Waals surface area contributed by atoms with E-state index in [0.717, 1.165) is 11.1 Å². The first kappa shape index (κ1) is 22.7. The van der Waals surface area contributed by atoms with Crippen molar-refractivity contribution in [1.29, 1.82) is 0 Å². The fraction of sp³-hybridized carbons (Fsp3) is 0.391. The van der Waals surface area contributed by atoms with Crippen LogP contribution in [-0.4, -0.2) is 50.3 Å². The quantitative estimate of drug-likeness (QED) is 0.323. The van der Waals surface area contributed by atoms with E-state index in [4.69, 9.17) is 5.21 Å². The van der Waals surface area contributed by atoms with Gasteiger partial charge in [0.25, 0.3) is 5.91 Å². The van der Waals surface area contributed by atoms with Crippen LogP contribution in [0.4, 0.5) is 0 Å². The molecule has 0 unspecified atom stereocenters. The number of nitrogens with one attached hydrogen (secondary N) is 2. The van der Waals surface area contributed by atoms with Gasteiger partial charge in [-0.3, -0.25) is 14.8 Å². The summed E-state index contributed by atoms with van der Waals surface area (Å²) in [6.07, 6.45) is -0.564. The molecule has 2 aromatic rings. The SMILES string of the molecule is CC(C)N[C@@H](CC(=O)N(Cc1cccc(O)c1)[C@H]1c2ccccc2C[C@H]1O)C(=O)NO. The number of hydroxylamine groups is 1. The molecule has 31 heavy (non-hydrogen) atoms. The zero-order valence-corrected chi connectivity index (χ0v) is 17.7. The minimum atomic E-state index is -0.932. The number of nitrogens with zero attached hydrogens (tertiary/aromatic N) is 1. The Morgan fingerprint density at radius 2 is 1.90 bits per heavy atom. The fourth-order valence-corrected chi connectivity index (χ4v) is 4.12. The molecule has 0 bridgehead atoms. The number of fused-ring (bicyclic) bond motifs is 1. The molecule has 0 aliphatic heterocycles. The summed E-state index contributed by atoms with van der Waals surface area (Å²) in [6, 6.07) is 12.6. The van der Waals surface area contributed by atoms with Crippen LogP contribution in [0.15, 0.2) is 48.5 Å². The molecule has 0 saturated carbocycles. The standard InChI is InChI=1S/C23H29N3O5/c1-14(2)24-19(23(30)25-31)12-21(29)26(13-15-6-5-8-17(27)10-15)22-18-9-4-3-7-16(18)11-20(22)28/h3-10,14,19-20,22,24,27-28,31H,11-13H2,1-2H3,(H,25,30)/t19-,20+,22-/m0/s1. The number of amides is 2. The van der Waals surface area contributed by atoms with Crippen molar-refractivity contribution in [1.82, 2.24) is 15.7 Å². The zero-order valence-electron chi connectivity index (χ0n) is 17.7. The summed E-state index contributed by atoms with van der Waals surface area (Å²) >= 11 is 0. The van der Waals surface area contributed by atoms with E-state index >= 15 is 0 Å². The van der Waals surface area contributed by atoms with Crippen molar-refractivity contribution in [2.24, 2.45) is 0 Å². The maximum Gasteiger partial charge on any atom is 0.260 e. The van der Waals surface area contributed by atoms with Crippen molar-refractivity contribution in [2.45, 2.75) is 57.5 Å². The molecule has 0 spiro atoms. The van der Waals surface area contributed by atoms with E-state index < -0.39 is 24.1 Å². The first-order chi connectivity index (χ1) is 14.8. The van der Waals surface area contributed by atoms with Gasteiger partial charge < -0.3 is 20.4 Å². The van der Waals surface area contributed by atoms with Crippen LogP contribution < -0.4 is 10.8 Å². The number of carbonyl (C=O) groups excluding carboxylic acids is 2. The molecule has 1 aliphatic rings. The normalized spacial score (nSPS) is 18.5. The van der Waals surface area contributed by atoms with Gasteiger partial charge in [-0.15, -0.1) is 0 Å². The van der Waals surface area contributed by atoms with Crippen molar-refractivity contribution < 1.29 is 25.0 Å². The van der Waals surface area contributed by atoms with Gasteiger partial charge in [0, 0.05) is 19.0 Å². The van der Waals surface area contributed by atoms with Crippen molar-refractivity contribution in [3.63, 3.8) is 0 Å². The van der Waals surface area contributed by atoms with Gasteiger partial charge in [0.15, 0.2) is 0 Å². The number of aliphatic hydroxyl groups is 1. The molecule has 0 heterocycles. The molecule has 3 atom stereocenters. The zero-order chi connectivity index (χ0) is 22.5. The lowest BCUT2D eigenvalue weighted by atomic mass is 10.0. The summed E-state index contributed by atoms with van der Waals surface area (Å²) in [4.78, 5) is 27.1. The molecule has 0 aromatic heterocycles. The molecule has 8 heteroatoms. The predicted octanol–water partition coefficient (Wildman–Crippen LogP) is 1.64. The van der Waals surface area contributed by atoms with Crippen LogP contribution in [-0.2, 0) is 22.6 Å². The third kappa shape index (κ3) is 5.41. The number of phenols is 1. The highest BCUT2D eigenvalue weighted by Crippen LogP contribution is 2.37. The predicted molar refractivity (Wildman–Crippen MR) is 114 cm³/mol. The van der Waals surface area contributed by atoms with Gasteiger partial charge in [0.05, 0.1) is 24.6 Å². The van der Waals surface area contributed by atoms with Crippen LogP contribution in [0.5, 0.6) is 5.75 Å². The Labute approximate surface area is 181 Å². The Morgan fingerprint density at radius 3 is 2.58 bits per heavy atom. The van der Waals surface area contributed by atoms with Gasteiger partial charge in [-0.05, 0) is 28.8 Å². The molecular formula is C23H29N3O5. The fourth-order valence-electron chi connectivity index (χ4n) is 4.12. The molecule has 0 saturated heterocycles. The number of phenolic OH excluding ortho intramolecular Hbond substituents is 1. The van der Waals surface area contributed by atoms with Gasteiger partial charge >= 0.3 is 0 Å². The highest BCUT2D eigenvalue weighted by Gasteiger charge is 2.38. The second-order valence-electron chi connectivity index (χ2n) is 8.16. The monoisotopic (exact) mass is 427 g/mol. The van der Waals surface area contributed by atoms with Gasteiger partial charge in [-0.1, -0.05) is 50.2 Å². The molecule has 0 fully saturated rings. The minimum absolute atomic E-state index is 0.0799. The summed E-state index contributed by atoms with van der Waals surface area (Å²) in [7, 11) is 0. The Balaban J connectivity index is 1.93. The molecule has 1 aliphatic carbocycles. The first-order valence-corrected chi connectivity index (χ1v) is 10.3. The van der Waals surface area contributed by atoms with Crippen molar-refractivity contribution in [3.05, 3.63) is 65.2 Å². The highest BCUT2D eigenvalue weighted by atomic mass is 16.5. The maximum atomic E-state index is 13.4. The van der Waals surface area contributed by atoms with Crippen molar-refractivity contribution in [3.8, 4) is 5.75 Å². The third-order valence-corrected chi connectivity index (χ3v) is 5.43. The van der Waals surface area contributed by atoms with Crippen LogP contribution in [0, 0.1) is 0 Å². The van der Waals surface area contributed by atoms with E-state index in [0.29, 0.717) is 12.0 Å². The summed E-state index contributed by atoms with van der Waals surface area (Å²) in [5, 5.41) is 32.7. The summed E-state index contributed by atoms with van der Waals surface area (Å²) < 4.78 is 0. The third-order valence-electron chi connectivity index (χ3n) is 5.43. The van der Waals surface area contributed by atoms with E-state index in [9.17, 15) is 19.8 Å². The average Bonchev–Trinajstić information content (AvgIpc) is 3.06. The van der Waals surface area contributed by atoms with Crippen LogP contribution in [0.1, 0.15) is 43.0 Å². The van der Waals surface area contributed by atoms with E-state index in [1.165, 1.54) is 0 Å². The topological polar surface area (TPSA) is 122 Å². The molecule has 2 aromatic carbocycles. The summed E-state index contributed by atoms with van der Waals surface area (Å²) in [5.74, 6) is -0.978. The largest absolute Gasteiger partial charge is 0.508 e. The number of rotatable bonds is 8. The van der Waals surface area contributed by atoms with Crippen LogP contribution in [0.2, 0.25) is 0 Å². The van der Waals surface area contributed by atoms with E-state index in [1.54, 1.807) is 34.6 Å². The van der Waals surface area contributed by atoms with Crippen LogP contribution >= 0.6 is 0 Å². The van der Waals surface area contributed by atoms with Gasteiger partial charge in [0.2, 0.25) is 5.91 Å². The van der Waals surface area contributed by atoms with Crippen molar-refractivity contribution >= 4 is 11.8 Å². The van der Waals surface area contributed by atoms with E-state index in [2.05, 4.69) is 5.32 Å². The van der Waals surface area contributed by atoms with Crippen LogP contribution in [0.3, 0.4) is 0 Å². The Bertz CT molecular complexity index is 933. The van der Waals surface area contributed by atoms with Gasteiger partial charge in [-0.25, -0.2) is 5.48 Å². The lowest BCUT2D eigenvalue weighted by Gasteiger charge is -2.33. The van der Waals surface area contributed by atoms with Crippen LogP contribution in [0.25, 0.3) is 0 Å². The molecule has 0 radical (unpaired) electrons. The number of carbonyl (C=O) groups is 2. The molecule has 8 nitrogen and oxygen atoms in total. The molecule has 2 amide bonds. The maximum absolute atomic E-state index is 13.4. The Kier molecular flexibility index (Phi) is 7.27.